The van der Waals surface area contributed by atoms with Crippen LogP contribution in [0.5, 0.6) is 0 Å². The van der Waals surface area contributed by atoms with Crippen molar-refractivity contribution in [2.75, 3.05) is 19.0 Å². The van der Waals surface area contributed by atoms with Gasteiger partial charge in [0.1, 0.15) is 0 Å². The van der Waals surface area contributed by atoms with Gasteiger partial charge in [0.2, 0.25) is 0 Å². The molecule has 0 aliphatic carbocycles. The van der Waals surface area contributed by atoms with E-state index in [1.165, 1.54) is 0 Å². The summed E-state index contributed by atoms with van der Waals surface area (Å²) < 4.78 is 29.2. The van der Waals surface area contributed by atoms with Crippen molar-refractivity contribution in [2.24, 2.45) is 0 Å². The third-order valence-electron chi connectivity index (χ3n) is 4.16. The van der Waals surface area contributed by atoms with E-state index in [1.807, 2.05) is 13.8 Å². The van der Waals surface area contributed by atoms with Crippen LogP contribution in [0.2, 0.25) is 0 Å². The van der Waals surface area contributed by atoms with Gasteiger partial charge in [-0.15, -0.1) is 11.6 Å². The molecule has 0 bridgehead atoms. The third kappa shape index (κ3) is 4.33. The maximum atomic E-state index is 13.0. The first-order valence-electron chi connectivity index (χ1n) is 7.83. The van der Waals surface area contributed by atoms with Gasteiger partial charge in [0.05, 0.1) is 0 Å². The van der Waals surface area contributed by atoms with Crippen molar-refractivity contribution >= 4 is 21.8 Å². The van der Waals surface area contributed by atoms with Crippen molar-refractivity contribution in [3.05, 3.63) is 0 Å². The highest BCUT2D eigenvalue weighted by molar-refractivity contribution is 7.86. The van der Waals surface area contributed by atoms with Crippen molar-refractivity contribution in [1.82, 2.24) is 8.61 Å². The SMILES string of the molecule is CCCCN(C(C)CC)S(=O)(=O)N1CCCCC1CCl. The number of hydrogen-bond acceptors (Lipinski definition) is 2. The molecule has 1 saturated heterocycles. The number of unbranched alkanes of at least 4 members (excludes halogenated alkanes) is 1. The molecule has 1 rings (SSSR count). The molecule has 4 nitrogen and oxygen atoms in total. The molecule has 0 saturated carbocycles. The molecule has 2 unspecified atom stereocenters. The predicted octanol–water partition coefficient (Wildman–Crippen LogP) is 3.23. The zero-order valence-electron chi connectivity index (χ0n) is 13.0. The maximum Gasteiger partial charge on any atom is 0.282 e. The molecule has 0 aromatic rings. The average molecular weight is 325 g/mol. The van der Waals surface area contributed by atoms with Crippen LogP contribution in [0, 0.1) is 0 Å². The van der Waals surface area contributed by atoms with Gasteiger partial charge in [-0.2, -0.15) is 17.0 Å². The third-order valence-corrected chi connectivity index (χ3v) is 6.72. The number of halogens is 1. The Morgan fingerprint density at radius 3 is 2.60 bits per heavy atom. The molecule has 0 radical (unpaired) electrons. The number of hydrogen-bond donors (Lipinski definition) is 0. The van der Waals surface area contributed by atoms with Crippen LogP contribution in [0.3, 0.4) is 0 Å². The molecule has 0 aromatic heterocycles. The van der Waals surface area contributed by atoms with Crippen molar-refractivity contribution in [1.29, 1.82) is 0 Å². The van der Waals surface area contributed by atoms with Gasteiger partial charge in [-0.25, -0.2) is 0 Å². The Balaban J connectivity index is 2.95. The first-order chi connectivity index (χ1) is 9.48. The van der Waals surface area contributed by atoms with Crippen LogP contribution in [0.25, 0.3) is 0 Å². The van der Waals surface area contributed by atoms with Gasteiger partial charge in [0, 0.05) is 31.1 Å². The minimum absolute atomic E-state index is 0.0383. The van der Waals surface area contributed by atoms with Gasteiger partial charge in [0.15, 0.2) is 0 Å². The Bertz CT molecular complexity index is 375. The van der Waals surface area contributed by atoms with Crippen LogP contribution in [-0.2, 0) is 10.2 Å². The van der Waals surface area contributed by atoms with E-state index in [0.717, 1.165) is 38.5 Å². The second-order valence-electron chi connectivity index (χ2n) is 5.64. The molecule has 1 fully saturated rings. The lowest BCUT2D eigenvalue weighted by atomic mass is 10.1. The largest absolute Gasteiger partial charge is 0.282 e. The second-order valence-corrected chi connectivity index (χ2v) is 7.79. The number of piperidine rings is 1. The van der Waals surface area contributed by atoms with Gasteiger partial charge in [-0.1, -0.05) is 26.7 Å². The van der Waals surface area contributed by atoms with Crippen molar-refractivity contribution in [3.8, 4) is 0 Å². The standard InChI is InChI=1S/C14H29ClN2O2S/c1-4-6-10-16(13(3)5-2)20(18,19)17-11-8-7-9-14(17)12-15/h13-14H,4-12H2,1-3H3. The van der Waals surface area contributed by atoms with Crippen molar-refractivity contribution in [3.63, 3.8) is 0 Å². The fourth-order valence-corrected chi connectivity index (χ4v) is 5.20. The van der Waals surface area contributed by atoms with Gasteiger partial charge in [-0.05, 0) is 32.6 Å². The summed E-state index contributed by atoms with van der Waals surface area (Å²) in [6.45, 7) is 7.34. The minimum atomic E-state index is -3.39. The molecule has 20 heavy (non-hydrogen) atoms. The van der Waals surface area contributed by atoms with Crippen molar-refractivity contribution in [2.45, 2.75) is 71.4 Å². The lowest BCUT2D eigenvalue weighted by Crippen LogP contribution is -2.53. The Morgan fingerprint density at radius 1 is 1.35 bits per heavy atom. The average Bonchev–Trinajstić information content (AvgIpc) is 2.46. The van der Waals surface area contributed by atoms with Crippen molar-refractivity contribution < 1.29 is 8.42 Å². The van der Waals surface area contributed by atoms with Crippen LogP contribution >= 0.6 is 11.6 Å². The van der Waals surface area contributed by atoms with Crippen LogP contribution in [0.15, 0.2) is 0 Å². The maximum absolute atomic E-state index is 13.0. The second kappa shape index (κ2) is 8.57. The summed E-state index contributed by atoms with van der Waals surface area (Å²) in [6.07, 6.45) is 5.63. The highest BCUT2D eigenvalue weighted by atomic mass is 35.5. The quantitative estimate of drug-likeness (QED) is 0.643. The molecular weight excluding hydrogens is 296 g/mol. The lowest BCUT2D eigenvalue weighted by Gasteiger charge is -2.39. The monoisotopic (exact) mass is 324 g/mol. The summed E-state index contributed by atoms with van der Waals surface area (Å²) in [7, 11) is -3.39. The fraction of sp³-hybridized carbons (Fsp3) is 1.00. The van der Waals surface area contributed by atoms with E-state index in [0.29, 0.717) is 19.0 Å². The van der Waals surface area contributed by atoms with E-state index >= 15 is 0 Å². The highest BCUT2D eigenvalue weighted by Crippen LogP contribution is 2.25. The summed E-state index contributed by atoms with van der Waals surface area (Å²) >= 11 is 5.98. The zero-order chi connectivity index (χ0) is 15.2. The Morgan fingerprint density at radius 2 is 2.05 bits per heavy atom. The lowest BCUT2D eigenvalue weighted by molar-refractivity contribution is 0.229. The smallest absolute Gasteiger partial charge is 0.195 e. The van der Waals surface area contributed by atoms with E-state index in [-0.39, 0.29) is 12.1 Å². The Labute approximate surface area is 129 Å². The molecule has 120 valence electrons. The Kier molecular flexibility index (Phi) is 7.80. The van der Waals surface area contributed by atoms with E-state index in [4.69, 9.17) is 11.6 Å². The van der Waals surface area contributed by atoms with Gasteiger partial charge in [-0.3, -0.25) is 0 Å². The summed E-state index contributed by atoms with van der Waals surface area (Å²) in [6, 6.07) is 0.00745. The zero-order valence-corrected chi connectivity index (χ0v) is 14.6. The molecule has 0 amide bonds. The number of nitrogens with zero attached hydrogens (tertiary/aromatic N) is 2. The molecule has 2 atom stereocenters. The minimum Gasteiger partial charge on any atom is -0.195 e. The first-order valence-corrected chi connectivity index (χ1v) is 9.76. The number of alkyl halides is 1. The molecule has 1 aliphatic heterocycles. The van der Waals surface area contributed by atoms with Gasteiger partial charge >= 0.3 is 0 Å². The molecule has 0 spiro atoms. The topological polar surface area (TPSA) is 40.6 Å². The molecule has 1 aliphatic rings. The summed E-state index contributed by atoms with van der Waals surface area (Å²) in [5.41, 5.74) is 0. The van der Waals surface area contributed by atoms with Gasteiger partial charge < -0.3 is 0 Å². The van der Waals surface area contributed by atoms with Crippen LogP contribution in [0.4, 0.5) is 0 Å². The first kappa shape index (κ1) is 18.2. The molecular formula is C14H29ClN2O2S. The van der Waals surface area contributed by atoms with E-state index in [2.05, 4.69) is 6.92 Å². The van der Waals surface area contributed by atoms with Crippen LogP contribution in [-0.4, -0.2) is 48.1 Å². The molecule has 0 N–H and O–H groups in total. The predicted molar refractivity (Wildman–Crippen MR) is 85.4 cm³/mol. The number of rotatable bonds is 8. The van der Waals surface area contributed by atoms with E-state index in [9.17, 15) is 8.42 Å². The fourth-order valence-electron chi connectivity index (χ4n) is 2.65. The van der Waals surface area contributed by atoms with Crippen LogP contribution in [0.1, 0.15) is 59.3 Å². The Hall–Kier alpha value is 0.160. The van der Waals surface area contributed by atoms with Gasteiger partial charge in [0.25, 0.3) is 10.2 Å². The summed E-state index contributed by atoms with van der Waals surface area (Å²) in [5, 5.41) is 0. The summed E-state index contributed by atoms with van der Waals surface area (Å²) in [4.78, 5) is 0. The highest BCUT2D eigenvalue weighted by Gasteiger charge is 2.37. The molecule has 1 heterocycles. The molecule has 0 aromatic carbocycles. The van der Waals surface area contributed by atoms with E-state index < -0.39 is 10.2 Å². The van der Waals surface area contributed by atoms with E-state index in [1.54, 1.807) is 8.61 Å². The van der Waals surface area contributed by atoms with Crippen LogP contribution < -0.4 is 0 Å². The molecule has 6 heteroatoms. The summed E-state index contributed by atoms with van der Waals surface area (Å²) in [5.74, 6) is 0.390. The normalized spacial score (nSPS) is 23.1.